The first kappa shape index (κ1) is 17.1. The van der Waals surface area contributed by atoms with Crippen LogP contribution >= 0.6 is 0 Å². The Hall–Kier alpha value is -0.300. The molecule has 2 rings (SSSR count). The summed E-state index contributed by atoms with van der Waals surface area (Å²) >= 11 is 0. The van der Waals surface area contributed by atoms with Gasteiger partial charge in [0.2, 0.25) is 0 Å². The lowest BCUT2D eigenvalue weighted by atomic mass is 9.45. The van der Waals surface area contributed by atoms with E-state index in [4.69, 9.17) is 0 Å². The number of rotatable bonds is 3. The zero-order valence-electron chi connectivity index (χ0n) is 15.1. The van der Waals surface area contributed by atoms with Gasteiger partial charge in [-0.15, -0.1) is 0 Å². The maximum absolute atomic E-state index is 11.1. The van der Waals surface area contributed by atoms with Gasteiger partial charge < -0.3 is 5.11 Å². The molecule has 1 nitrogen and oxygen atoms in total. The second-order valence-corrected chi connectivity index (χ2v) is 9.02. The largest absolute Gasteiger partial charge is 0.390 e. The summed E-state index contributed by atoms with van der Waals surface area (Å²) < 4.78 is 0. The van der Waals surface area contributed by atoms with E-state index in [1.54, 1.807) is 0 Å². The molecule has 122 valence electrons. The molecule has 21 heavy (non-hydrogen) atoms. The van der Waals surface area contributed by atoms with Crippen LogP contribution in [-0.2, 0) is 0 Å². The van der Waals surface area contributed by atoms with Gasteiger partial charge in [0.15, 0.2) is 0 Å². The van der Waals surface area contributed by atoms with Gasteiger partial charge in [-0.1, -0.05) is 38.8 Å². The molecule has 2 aliphatic rings. The fraction of sp³-hybridized carbons (Fsp3) is 0.900. The highest BCUT2D eigenvalue weighted by Gasteiger charge is 2.57. The highest BCUT2D eigenvalue weighted by molar-refractivity contribution is 5.08. The van der Waals surface area contributed by atoms with Gasteiger partial charge in [-0.3, -0.25) is 0 Å². The van der Waals surface area contributed by atoms with Gasteiger partial charge in [0, 0.05) is 0 Å². The molecule has 0 aromatic rings. The molecule has 0 aromatic carbocycles. The molecule has 2 aliphatic carbocycles. The van der Waals surface area contributed by atoms with Crippen LogP contribution in [0.25, 0.3) is 0 Å². The standard InChI is InChI=1S/C20H36O/c1-7-15(2)9-10-17-19(5)13-8-12-18(3,4)16(19)11-14-20(17,6)21/h7,16-17,21H,8-14H2,1-6H3/b15-7+. The quantitative estimate of drug-likeness (QED) is 0.659. The smallest absolute Gasteiger partial charge is 0.0653 e. The third-order valence-corrected chi connectivity index (χ3v) is 7.08. The predicted molar refractivity (Wildman–Crippen MR) is 91.2 cm³/mol. The van der Waals surface area contributed by atoms with Crippen LogP contribution < -0.4 is 0 Å². The lowest BCUT2D eigenvalue weighted by Crippen LogP contribution is -2.57. The van der Waals surface area contributed by atoms with Gasteiger partial charge >= 0.3 is 0 Å². The zero-order valence-corrected chi connectivity index (χ0v) is 15.1. The molecule has 0 amide bonds. The van der Waals surface area contributed by atoms with Crippen molar-refractivity contribution in [3.8, 4) is 0 Å². The van der Waals surface area contributed by atoms with Gasteiger partial charge in [-0.25, -0.2) is 0 Å². The van der Waals surface area contributed by atoms with Crippen LogP contribution in [0.5, 0.6) is 0 Å². The molecule has 1 N–H and O–H groups in total. The van der Waals surface area contributed by atoms with E-state index in [9.17, 15) is 5.11 Å². The first-order chi connectivity index (χ1) is 9.63. The Morgan fingerprint density at radius 3 is 2.43 bits per heavy atom. The number of hydrogen-bond acceptors (Lipinski definition) is 1. The fourth-order valence-corrected chi connectivity index (χ4v) is 5.78. The van der Waals surface area contributed by atoms with E-state index in [0.29, 0.717) is 16.7 Å². The zero-order chi connectivity index (χ0) is 15.9. The maximum atomic E-state index is 11.1. The molecule has 1 heteroatoms. The van der Waals surface area contributed by atoms with Crippen molar-refractivity contribution in [3.05, 3.63) is 11.6 Å². The summed E-state index contributed by atoms with van der Waals surface area (Å²) in [5.41, 5.74) is 1.74. The summed E-state index contributed by atoms with van der Waals surface area (Å²) in [7, 11) is 0. The normalized spacial score (nSPS) is 43.5. The minimum atomic E-state index is -0.479. The molecule has 0 bridgehead atoms. The van der Waals surface area contributed by atoms with Gasteiger partial charge in [0.1, 0.15) is 0 Å². The minimum Gasteiger partial charge on any atom is -0.390 e. The van der Waals surface area contributed by atoms with Crippen molar-refractivity contribution in [1.29, 1.82) is 0 Å². The Kier molecular flexibility index (Phi) is 4.65. The third kappa shape index (κ3) is 3.09. The highest BCUT2D eigenvalue weighted by atomic mass is 16.3. The van der Waals surface area contributed by atoms with Gasteiger partial charge in [0.05, 0.1) is 5.60 Å². The number of hydrogen-bond donors (Lipinski definition) is 1. The molecule has 0 spiro atoms. The van der Waals surface area contributed by atoms with E-state index >= 15 is 0 Å². The summed E-state index contributed by atoms with van der Waals surface area (Å²) in [4.78, 5) is 0. The summed E-state index contributed by atoms with van der Waals surface area (Å²) in [5.74, 6) is 1.22. The molecule has 2 fully saturated rings. The fourth-order valence-electron chi connectivity index (χ4n) is 5.78. The molecular formula is C20H36O. The van der Waals surface area contributed by atoms with Crippen molar-refractivity contribution in [2.75, 3.05) is 0 Å². The van der Waals surface area contributed by atoms with Gasteiger partial charge in [0.25, 0.3) is 0 Å². The van der Waals surface area contributed by atoms with Crippen LogP contribution in [0.1, 0.15) is 86.5 Å². The van der Waals surface area contributed by atoms with Crippen molar-refractivity contribution < 1.29 is 5.11 Å². The second kappa shape index (κ2) is 5.72. The average Bonchev–Trinajstić information content (AvgIpc) is 2.35. The Bertz CT molecular complexity index is 404. The van der Waals surface area contributed by atoms with Crippen LogP contribution in [0.4, 0.5) is 0 Å². The molecule has 0 aliphatic heterocycles. The van der Waals surface area contributed by atoms with Crippen molar-refractivity contribution in [1.82, 2.24) is 0 Å². The van der Waals surface area contributed by atoms with E-state index in [0.717, 1.165) is 25.2 Å². The first-order valence-corrected chi connectivity index (χ1v) is 8.98. The predicted octanol–water partition coefficient (Wildman–Crippen LogP) is 5.73. The van der Waals surface area contributed by atoms with Crippen molar-refractivity contribution >= 4 is 0 Å². The molecule has 0 radical (unpaired) electrons. The topological polar surface area (TPSA) is 20.2 Å². The number of aliphatic hydroxyl groups is 1. The summed E-state index contributed by atoms with van der Waals surface area (Å²) in [6.07, 6.45) is 10.7. The van der Waals surface area contributed by atoms with Gasteiger partial charge in [-0.2, -0.15) is 0 Å². The summed E-state index contributed by atoms with van der Waals surface area (Å²) in [5, 5.41) is 11.1. The molecule has 0 heterocycles. The lowest BCUT2D eigenvalue weighted by molar-refractivity contribution is -0.168. The Morgan fingerprint density at radius 1 is 1.14 bits per heavy atom. The van der Waals surface area contributed by atoms with E-state index in [2.05, 4.69) is 47.6 Å². The maximum Gasteiger partial charge on any atom is 0.0653 e. The van der Waals surface area contributed by atoms with Crippen LogP contribution in [-0.4, -0.2) is 10.7 Å². The van der Waals surface area contributed by atoms with Crippen molar-refractivity contribution in [2.45, 2.75) is 92.1 Å². The summed E-state index contributed by atoms with van der Waals surface area (Å²) in [6, 6.07) is 0. The second-order valence-electron chi connectivity index (χ2n) is 9.02. The molecule has 0 saturated heterocycles. The molecule has 0 aromatic heterocycles. The minimum absolute atomic E-state index is 0.317. The lowest BCUT2D eigenvalue weighted by Gasteiger charge is -2.61. The van der Waals surface area contributed by atoms with Crippen LogP contribution in [0, 0.1) is 22.7 Å². The van der Waals surface area contributed by atoms with Gasteiger partial charge in [-0.05, 0) is 82.0 Å². The van der Waals surface area contributed by atoms with Crippen LogP contribution in [0.15, 0.2) is 11.6 Å². The molecular weight excluding hydrogens is 256 g/mol. The highest BCUT2D eigenvalue weighted by Crippen LogP contribution is 2.62. The van der Waals surface area contributed by atoms with E-state index in [1.807, 2.05) is 0 Å². The number of allylic oxidation sites excluding steroid dienone is 2. The monoisotopic (exact) mass is 292 g/mol. The first-order valence-electron chi connectivity index (χ1n) is 8.98. The number of fused-ring (bicyclic) bond motifs is 1. The Balaban J connectivity index is 2.28. The van der Waals surface area contributed by atoms with E-state index in [1.165, 1.54) is 31.3 Å². The Morgan fingerprint density at radius 2 is 1.81 bits per heavy atom. The van der Waals surface area contributed by atoms with Crippen LogP contribution in [0.3, 0.4) is 0 Å². The van der Waals surface area contributed by atoms with Crippen LogP contribution in [0.2, 0.25) is 0 Å². The van der Waals surface area contributed by atoms with Crippen molar-refractivity contribution in [3.63, 3.8) is 0 Å². The molecule has 4 atom stereocenters. The average molecular weight is 293 g/mol. The molecule has 2 saturated carbocycles. The van der Waals surface area contributed by atoms with E-state index < -0.39 is 5.60 Å². The third-order valence-electron chi connectivity index (χ3n) is 7.08. The van der Waals surface area contributed by atoms with E-state index in [-0.39, 0.29) is 0 Å². The Labute approximate surface area is 132 Å². The SMILES string of the molecule is C/C=C(\C)CCC1C(C)(O)CCC2C(C)(C)CCCC21C. The molecule has 4 unspecified atom stereocenters. The summed E-state index contributed by atoms with van der Waals surface area (Å²) in [6.45, 7) is 13.9. The van der Waals surface area contributed by atoms with Crippen molar-refractivity contribution in [2.24, 2.45) is 22.7 Å².